The Kier molecular flexibility index (Phi) is 9.10. The number of halogens is 2. The highest BCUT2D eigenvalue weighted by molar-refractivity contribution is 7.99. The maximum absolute atomic E-state index is 13.6. The van der Waals surface area contributed by atoms with Crippen molar-refractivity contribution in [3.05, 3.63) is 90.5 Å². The fourth-order valence-corrected chi connectivity index (χ4v) is 4.62. The average molecular weight is 507 g/mol. The van der Waals surface area contributed by atoms with Crippen molar-refractivity contribution < 1.29 is 13.6 Å². The van der Waals surface area contributed by atoms with Gasteiger partial charge in [0.2, 0.25) is 0 Å². The minimum Gasteiger partial charge on any atom is -0.338 e. The number of anilines is 1. The van der Waals surface area contributed by atoms with Gasteiger partial charge in [0, 0.05) is 29.5 Å². The van der Waals surface area contributed by atoms with Crippen molar-refractivity contribution in [3.63, 3.8) is 0 Å². The zero-order chi connectivity index (χ0) is 25.2. The smallest absolute Gasteiger partial charge is 0.319 e. The van der Waals surface area contributed by atoms with Crippen molar-refractivity contribution in [1.82, 2.24) is 15.3 Å². The Bertz CT molecular complexity index is 1210. The summed E-state index contributed by atoms with van der Waals surface area (Å²) in [4.78, 5) is 20.3. The number of carbonyl (C=O) groups excluding carboxylic acids is 1. The van der Waals surface area contributed by atoms with Gasteiger partial charge in [0.05, 0.1) is 17.1 Å². The summed E-state index contributed by atoms with van der Waals surface area (Å²) in [5.41, 5.74) is 4.12. The first-order valence-electron chi connectivity index (χ1n) is 11.9. The molecule has 4 aromatic rings. The zero-order valence-corrected chi connectivity index (χ0v) is 20.6. The lowest BCUT2D eigenvalue weighted by Crippen LogP contribution is -2.29. The minimum atomic E-state index is -0.800. The molecule has 0 bridgehead atoms. The maximum Gasteiger partial charge on any atom is 0.319 e. The van der Waals surface area contributed by atoms with Gasteiger partial charge >= 0.3 is 6.03 Å². The van der Waals surface area contributed by atoms with Crippen molar-refractivity contribution in [2.45, 2.75) is 30.8 Å². The first-order chi connectivity index (χ1) is 17.6. The molecule has 0 aliphatic heterocycles. The van der Waals surface area contributed by atoms with Gasteiger partial charge in [0.1, 0.15) is 11.6 Å². The predicted octanol–water partition coefficient (Wildman–Crippen LogP) is 7.50. The number of hydrogen-bond donors (Lipinski definition) is 3. The van der Waals surface area contributed by atoms with Crippen LogP contribution in [0.4, 0.5) is 19.3 Å². The number of hydrogen-bond acceptors (Lipinski definition) is 3. The number of nitrogens with one attached hydrogen (secondary N) is 3. The molecule has 8 heteroatoms. The monoisotopic (exact) mass is 506 g/mol. The van der Waals surface area contributed by atoms with Crippen LogP contribution in [-0.2, 0) is 0 Å². The summed E-state index contributed by atoms with van der Waals surface area (Å²) in [6.07, 6.45) is 3.84. The van der Waals surface area contributed by atoms with Gasteiger partial charge in [-0.25, -0.2) is 18.6 Å². The zero-order valence-electron chi connectivity index (χ0n) is 19.8. The van der Waals surface area contributed by atoms with Crippen LogP contribution in [0.2, 0.25) is 0 Å². The second-order valence-corrected chi connectivity index (χ2v) is 9.35. The highest BCUT2D eigenvalue weighted by Crippen LogP contribution is 2.32. The van der Waals surface area contributed by atoms with Gasteiger partial charge in [-0.15, -0.1) is 0 Å². The summed E-state index contributed by atoms with van der Waals surface area (Å²) < 4.78 is 26.5. The van der Waals surface area contributed by atoms with Gasteiger partial charge < -0.3 is 15.6 Å². The van der Waals surface area contributed by atoms with Crippen LogP contribution in [0.25, 0.3) is 22.5 Å². The Morgan fingerprint density at radius 3 is 2.28 bits per heavy atom. The van der Waals surface area contributed by atoms with Gasteiger partial charge in [-0.05, 0) is 25.0 Å². The molecule has 0 saturated heterocycles. The van der Waals surface area contributed by atoms with Crippen LogP contribution in [-0.4, -0.2) is 28.3 Å². The standard InChI is InChI=1S/C28H28F2N4OS/c29-22-15-16-24(23(30)19-22)32-27(35)31-17-9-1-2-10-18-36-28-33-25(20-11-5-3-6-12-20)26(34-28)21-13-7-4-8-14-21/h3-8,11-16,19H,1-2,9-10,17-18H2,(H,33,34)(H2,31,32,35). The topological polar surface area (TPSA) is 69.8 Å². The Morgan fingerprint density at radius 1 is 0.861 bits per heavy atom. The van der Waals surface area contributed by atoms with Crippen molar-refractivity contribution in [2.75, 3.05) is 17.6 Å². The first kappa shape index (κ1) is 25.4. The number of thioether (sulfide) groups is 1. The molecule has 5 nitrogen and oxygen atoms in total. The number of benzene rings is 3. The normalized spacial score (nSPS) is 10.8. The molecule has 1 heterocycles. The molecule has 1 aromatic heterocycles. The molecule has 4 rings (SSSR count). The van der Waals surface area contributed by atoms with E-state index in [0.717, 1.165) is 71.2 Å². The number of aromatic nitrogens is 2. The summed E-state index contributed by atoms with van der Waals surface area (Å²) in [6, 6.07) is 22.9. The first-order valence-corrected chi connectivity index (χ1v) is 12.9. The summed E-state index contributed by atoms with van der Waals surface area (Å²) in [5, 5.41) is 5.99. The van der Waals surface area contributed by atoms with E-state index in [1.54, 1.807) is 11.8 Å². The number of urea groups is 1. The van der Waals surface area contributed by atoms with E-state index in [1.807, 2.05) is 36.4 Å². The third kappa shape index (κ3) is 7.18. The number of aromatic amines is 1. The number of imidazole rings is 1. The Hall–Kier alpha value is -3.65. The Balaban J connectivity index is 1.18. The predicted molar refractivity (Wildman–Crippen MR) is 142 cm³/mol. The molecule has 3 N–H and O–H groups in total. The van der Waals surface area contributed by atoms with E-state index in [4.69, 9.17) is 4.98 Å². The van der Waals surface area contributed by atoms with E-state index in [0.29, 0.717) is 6.54 Å². The highest BCUT2D eigenvalue weighted by Gasteiger charge is 2.14. The van der Waals surface area contributed by atoms with E-state index in [2.05, 4.69) is 39.9 Å². The average Bonchev–Trinajstić information content (AvgIpc) is 3.33. The molecular formula is C28H28F2N4OS. The fraction of sp³-hybridized carbons (Fsp3) is 0.214. The fourth-order valence-electron chi connectivity index (χ4n) is 3.75. The van der Waals surface area contributed by atoms with Crippen LogP contribution in [0.3, 0.4) is 0 Å². The number of H-pyrrole nitrogens is 1. The Morgan fingerprint density at radius 2 is 1.56 bits per heavy atom. The molecule has 0 atom stereocenters. The number of unbranched alkanes of at least 4 members (excludes halogenated alkanes) is 3. The molecule has 36 heavy (non-hydrogen) atoms. The SMILES string of the molecule is O=C(NCCCCCCSc1nc(-c2ccccc2)c(-c2ccccc2)[nH]1)Nc1ccc(F)cc1F. The van der Waals surface area contributed by atoms with Crippen LogP contribution < -0.4 is 10.6 Å². The molecule has 186 valence electrons. The van der Waals surface area contributed by atoms with E-state index in [1.165, 1.54) is 6.07 Å². The van der Waals surface area contributed by atoms with Crippen LogP contribution in [0.15, 0.2) is 84.0 Å². The lowest BCUT2D eigenvalue weighted by atomic mass is 10.1. The lowest BCUT2D eigenvalue weighted by molar-refractivity contribution is 0.251. The molecule has 3 aromatic carbocycles. The molecule has 0 aliphatic rings. The van der Waals surface area contributed by atoms with Crippen LogP contribution in [0.1, 0.15) is 25.7 Å². The summed E-state index contributed by atoms with van der Waals surface area (Å²) in [6.45, 7) is 0.487. The molecule has 0 saturated carbocycles. The van der Waals surface area contributed by atoms with Gasteiger partial charge in [0.25, 0.3) is 0 Å². The largest absolute Gasteiger partial charge is 0.338 e. The second-order valence-electron chi connectivity index (χ2n) is 8.27. The third-order valence-corrected chi connectivity index (χ3v) is 6.53. The van der Waals surface area contributed by atoms with Crippen molar-refractivity contribution >= 4 is 23.5 Å². The van der Waals surface area contributed by atoms with Crippen LogP contribution >= 0.6 is 11.8 Å². The third-order valence-electron chi connectivity index (χ3n) is 5.57. The summed E-state index contributed by atoms with van der Waals surface area (Å²) in [7, 11) is 0. The van der Waals surface area contributed by atoms with Gasteiger partial charge in [0.15, 0.2) is 5.16 Å². The van der Waals surface area contributed by atoms with Crippen molar-refractivity contribution in [1.29, 1.82) is 0 Å². The number of amides is 2. The summed E-state index contributed by atoms with van der Waals surface area (Å²) in [5.74, 6) is -0.545. The molecule has 0 fully saturated rings. The lowest BCUT2D eigenvalue weighted by Gasteiger charge is -2.08. The molecular weight excluding hydrogens is 478 g/mol. The van der Waals surface area contributed by atoms with Crippen molar-refractivity contribution in [3.8, 4) is 22.5 Å². The van der Waals surface area contributed by atoms with Gasteiger partial charge in [-0.1, -0.05) is 85.3 Å². The minimum absolute atomic E-state index is 0.0466. The molecule has 2 amide bonds. The van der Waals surface area contributed by atoms with E-state index >= 15 is 0 Å². The van der Waals surface area contributed by atoms with E-state index < -0.39 is 17.7 Å². The molecule has 0 spiro atoms. The molecule has 0 unspecified atom stereocenters. The van der Waals surface area contributed by atoms with Crippen molar-refractivity contribution in [2.24, 2.45) is 0 Å². The maximum atomic E-state index is 13.6. The van der Waals surface area contributed by atoms with Gasteiger partial charge in [-0.3, -0.25) is 0 Å². The number of carbonyl (C=O) groups is 1. The number of rotatable bonds is 11. The van der Waals surface area contributed by atoms with Crippen LogP contribution in [0, 0.1) is 11.6 Å². The molecule has 0 aliphatic carbocycles. The second kappa shape index (κ2) is 12.9. The number of nitrogens with zero attached hydrogens (tertiary/aromatic N) is 1. The molecule has 0 radical (unpaired) electrons. The Labute approximate surface area is 213 Å². The van der Waals surface area contributed by atoms with Gasteiger partial charge in [-0.2, -0.15) is 0 Å². The highest BCUT2D eigenvalue weighted by atomic mass is 32.2. The quantitative estimate of drug-likeness (QED) is 0.146. The van der Waals surface area contributed by atoms with E-state index in [9.17, 15) is 13.6 Å². The van der Waals surface area contributed by atoms with E-state index in [-0.39, 0.29) is 5.69 Å². The van der Waals surface area contributed by atoms with Crippen LogP contribution in [0.5, 0.6) is 0 Å². The summed E-state index contributed by atoms with van der Waals surface area (Å²) >= 11 is 1.71.